The first-order valence-electron chi connectivity index (χ1n) is 5.51. The predicted molar refractivity (Wildman–Crippen MR) is 65.3 cm³/mol. The lowest BCUT2D eigenvalue weighted by atomic mass is 10.1. The molecule has 0 spiro atoms. The van der Waals surface area contributed by atoms with Gasteiger partial charge >= 0.3 is 0 Å². The van der Waals surface area contributed by atoms with Gasteiger partial charge in [-0.3, -0.25) is 4.79 Å². The van der Waals surface area contributed by atoms with Crippen molar-refractivity contribution in [2.24, 2.45) is 0 Å². The summed E-state index contributed by atoms with van der Waals surface area (Å²) in [7, 11) is 1.46. The second-order valence-electron chi connectivity index (χ2n) is 4.10. The Morgan fingerprint density at radius 1 is 1.42 bits per heavy atom. The van der Waals surface area contributed by atoms with Crippen LogP contribution in [0.25, 0.3) is 0 Å². The number of carbonyl (C=O) groups excluding carboxylic acids is 1. The molecule has 100 valence electrons. The molecule has 0 unspecified atom stereocenters. The van der Waals surface area contributed by atoms with E-state index in [0.29, 0.717) is 5.76 Å². The van der Waals surface area contributed by atoms with Crippen molar-refractivity contribution in [2.75, 3.05) is 12.8 Å². The molecule has 2 aromatic rings. The fourth-order valence-electron chi connectivity index (χ4n) is 1.68. The Morgan fingerprint density at radius 2 is 2.16 bits per heavy atom. The molecule has 19 heavy (non-hydrogen) atoms. The van der Waals surface area contributed by atoms with Gasteiger partial charge in [0.25, 0.3) is 5.91 Å². The molecule has 0 bridgehead atoms. The van der Waals surface area contributed by atoms with E-state index in [9.17, 15) is 13.6 Å². The molecule has 2 N–H and O–H groups in total. The van der Waals surface area contributed by atoms with Crippen LogP contribution < -0.4 is 5.73 Å². The molecule has 6 heteroatoms. The zero-order valence-electron chi connectivity index (χ0n) is 10.2. The normalized spacial score (nSPS) is 10.5. The van der Waals surface area contributed by atoms with E-state index in [2.05, 4.69) is 0 Å². The van der Waals surface area contributed by atoms with Crippen molar-refractivity contribution in [1.82, 2.24) is 4.90 Å². The van der Waals surface area contributed by atoms with Gasteiger partial charge in [0.1, 0.15) is 11.6 Å². The molecular weight excluding hydrogens is 254 g/mol. The van der Waals surface area contributed by atoms with Gasteiger partial charge in [-0.2, -0.15) is 0 Å². The van der Waals surface area contributed by atoms with Gasteiger partial charge in [-0.1, -0.05) is 0 Å². The van der Waals surface area contributed by atoms with Crippen LogP contribution >= 0.6 is 0 Å². The molecule has 0 saturated heterocycles. The summed E-state index contributed by atoms with van der Waals surface area (Å²) in [6.07, 6.45) is 1.47. The number of halogens is 2. The highest BCUT2D eigenvalue weighted by Gasteiger charge is 2.20. The zero-order valence-corrected chi connectivity index (χ0v) is 10.2. The molecule has 0 saturated carbocycles. The van der Waals surface area contributed by atoms with Crippen molar-refractivity contribution in [1.29, 1.82) is 0 Å². The van der Waals surface area contributed by atoms with Gasteiger partial charge in [0.15, 0.2) is 5.82 Å². The van der Waals surface area contributed by atoms with Crippen molar-refractivity contribution in [3.63, 3.8) is 0 Å². The Kier molecular flexibility index (Phi) is 3.50. The van der Waals surface area contributed by atoms with Gasteiger partial charge in [-0.15, -0.1) is 0 Å². The number of nitrogens with zero attached hydrogens (tertiary/aromatic N) is 1. The number of carbonyl (C=O) groups is 1. The highest BCUT2D eigenvalue weighted by Crippen LogP contribution is 2.19. The van der Waals surface area contributed by atoms with Crippen molar-refractivity contribution < 1.29 is 18.0 Å². The molecule has 1 amide bonds. The second-order valence-corrected chi connectivity index (χ2v) is 4.10. The van der Waals surface area contributed by atoms with Gasteiger partial charge in [-0.05, 0) is 24.3 Å². The molecule has 4 nitrogen and oxygen atoms in total. The fraction of sp³-hybridized carbons (Fsp3) is 0.154. The number of hydrogen-bond acceptors (Lipinski definition) is 3. The van der Waals surface area contributed by atoms with Crippen LogP contribution in [0.1, 0.15) is 16.1 Å². The third kappa shape index (κ3) is 2.73. The predicted octanol–water partition coefficient (Wildman–Crippen LogP) is 2.41. The number of benzene rings is 1. The first-order chi connectivity index (χ1) is 8.99. The van der Waals surface area contributed by atoms with Crippen molar-refractivity contribution >= 4 is 11.6 Å². The Morgan fingerprint density at radius 3 is 2.79 bits per heavy atom. The molecular formula is C13H12F2N2O2. The number of anilines is 1. The molecule has 1 aromatic heterocycles. The number of amides is 1. The Bertz CT molecular complexity index is 597. The molecule has 0 aliphatic carbocycles. The van der Waals surface area contributed by atoms with E-state index in [1.54, 1.807) is 12.1 Å². The van der Waals surface area contributed by atoms with E-state index < -0.39 is 28.8 Å². The number of nitrogens with two attached hydrogens (primary N) is 1. The van der Waals surface area contributed by atoms with Crippen LogP contribution in [0.2, 0.25) is 0 Å². The fourth-order valence-corrected chi connectivity index (χ4v) is 1.68. The summed E-state index contributed by atoms with van der Waals surface area (Å²) in [5.41, 5.74) is 4.50. The Balaban J connectivity index is 2.24. The summed E-state index contributed by atoms with van der Waals surface area (Å²) in [5, 5.41) is 0. The monoisotopic (exact) mass is 266 g/mol. The number of hydrogen-bond donors (Lipinski definition) is 1. The smallest absolute Gasteiger partial charge is 0.257 e. The number of furan rings is 1. The molecule has 2 rings (SSSR count). The molecule has 1 heterocycles. The maximum absolute atomic E-state index is 13.7. The quantitative estimate of drug-likeness (QED) is 0.868. The van der Waals surface area contributed by atoms with Crippen LogP contribution in [0.4, 0.5) is 14.5 Å². The molecule has 0 fully saturated rings. The molecule has 0 aliphatic heterocycles. The molecule has 0 radical (unpaired) electrons. The molecule has 1 aromatic carbocycles. The van der Waals surface area contributed by atoms with Gasteiger partial charge < -0.3 is 15.1 Å². The first kappa shape index (κ1) is 13.1. The summed E-state index contributed by atoms with van der Waals surface area (Å²) in [4.78, 5) is 13.2. The Hall–Kier alpha value is -2.37. The first-order valence-corrected chi connectivity index (χ1v) is 5.51. The number of nitrogen functional groups attached to an aromatic ring is 1. The van der Waals surface area contributed by atoms with Crippen LogP contribution in [0.15, 0.2) is 34.9 Å². The van der Waals surface area contributed by atoms with Crippen LogP contribution in [-0.2, 0) is 6.54 Å². The maximum atomic E-state index is 13.7. The van der Waals surface area contributed by atoms with E-state index >= 15 is 0 Å². The molecule has 0 aliphatic rings. The third-order valence-electron chi connectivity index (χ3n) is 2.62. The highest BCUT2D eigenvalue weighted by atomic mass is 19.1. The summed E-state index contributed by atoms with van der Waals surface area (Å²) in [5.74, 6) is -1.80. The standard InChI is InChI=1S/C13H12F2N2O2/c1-17(7-9-3-2-4-19-9)13(18)10-5-8(14)6-11(16)12(10)15/h2-6H,7,16H2,1H3. The van der Waals surface area contributed by atoms with E-state index in [-0.39, 0.29) is 6.54 Å². The maximum Gasteiger partial charge on any atom is 0.257 e. The van der Waals surface area contributed by atoms with Crippen molar-refractivity contribution in [3.05, 3.63) is 53.5 Å². The minimum Gasteiger partial charge on any atom is -0.467 e. The summed E-state index contributed by atoms with van der Waals surface area (Å²) in [6, 6.07) is 5.01. The van der Waals surface area contributed by atoms with E-state index in [1.165, 1.54) is 18.2 Å². The minimum atomic E-state index is -0.919. The third-order valence-corrected chi connectivity index (χ3v) is 2.62. The van der Waals surface area contributed by atoms with Crippen LogP contribution in [-0.4, -0.2) is 17.9 Å². The second kappa shape index (κ2) is 5.09. The lowest BCUT2D eigenvalue weighted by Gasteiger charge is -2.16. The lowest BCUT2D eigenvalue weighted by Crippen LogP contribution is -2.27. The van der Waals surface area contributed by atoms with Gasteiger partial charge in [0, 0.05) is 7.05 Å². The molecule has 0 atom stereocenters. The average molecular weight is 266 g/mol. The average Bonchev–Trinajstić information content (AvgIpc) is 2.85. The summed E-state index contributed by atoms with van der Waals surface area (Å²) < 4.78 is 32.0. The highest BCUT2D eigenvalue weighted by molar-refractivity contribution is 5.95. The largest absolute Gasteiger partial charge is 0.467 e. The van der Waals surface area contributed by atoms with Crippen LogP contribution in [0.3, 0.4) is 0 Å². The topological polar surface area (TPSA) is 59.5 Å². The zero-order chi connectivity index (χ0) is 14.0. The lowest BCUT2D eigenvalue weighted by molar-refractivity contribution is 0.0770. The number of rotatable bonds is 3. The van der Waals surface area contributed by atoms with Crippen LogP contribution in [0.5, 0.6) is 0 Å². The van der Waals surface area contributed by atoms with Gasteiger partial charge in [-0.25, -0.2) is 8.78 Å². The Labute approximate surface area is 108 Å². The minimum absolute atomic E-state index is 0.154. The summed E-state index contributed by atoms with van der Waals surface area (Å²) >= 11 is 0. The van der Waals surface area contributed by atoms with E-state index in [4.69, 9.17) is 10.2 Å². The van der Waals surface area contributed by atoms with Gasteiger partial charge in [0.2, 0.25) is 0 Å². The van der Waals surface area contributed by atoms with E-state index in [1.807, 2.05) is 0 Å². The van der Waals surface area contributed by atoms with E-state index in [0.717, 1.165) is 12.1 Å². The van der Waals surface area contributed by atoms with Gasteiger partial charge in [0.05, 0.1) is 24.1 Å². The van der Waals surface area contributed by atoms with Crippen molar-refractivity contribution in [3.8, 4) is 0 Å². The summed E-state index contributed by atoms with van der Waals surface area (Å²) in [6.45, 7) is 0.154. The SMILES string of the molecule is CN(Cc1ccco1)C(=O)c1cc(F)cc(N)c1F. The van der Waals surface area contributed by atoms with Crippen LogP contribution in [0, 0.1) is 11.6 Å². The van der Waals surface area contributed by atoms with Crippen molar-refractivity contribution in [2.45, 2.75) is 6.54 Å².